The van der Waals surface area contributed by atoms with Gasteiger partial charge < -0.3 is 0 Å². The Hall–Kier alpha value is -2.33. The Balaban J connectivity index is 2.07. The minimum atomic E-state index is -0.241. The molecule has 0 saturated carbocycles. The maximum absolute atomic E-state index is 12.2. The highest BCUT2D eigenvalue weighted by atomic mass is 35.5. The molecule has 2 N–H and O–H groups in total. The van der Waals surface area contributed by atoms with Crippen LogP contribution >= 0.6 is 11.6 Å². The molecule has 4 nitrogen and oxygen atoms in total. The Morgan fingerprint density at radius 3 is 2.26 bits per heavy atom. The first-order valence-electron chi connectivity index (χ1n) is 7.48. The van der Waals surface area contributed by atoms with E-state index in [0.29, 0.717) is 28.9 Å². The van der Waals surface area contributed by atoms with E-state index in [1.54, 1.807) is 24.3 Å². The van der Waals surface area contributed by atoms with Gasteiger partial charge >= 0.3 is 0 Å². The first kappa shape index (κ1) is 17.0. The summed E-state index contributed by atoms with van der Waals surface area (Å²) < 4.78 is 0. The number of benzene rings is 2. The quantitative estimate of drug-likeness (QED) is 0.511. The zero-order valence-electron chi connectivity index (χ0n) is 13.2. The maximum atomic E-state index is 12.2. The minimum absolute atomic E-state index is 0.241. The third kappa shape index (κ3) is 5.42. The average molecular weight is 330 g/mol. The highest BCUT2D eigenvalue weighted by Gasteiger charge is 2.08. The molecule has 0 aliphatic carbocycles. The lowest BCUT2D eigenvalue weighted by molar-refractivity contribution is 0.0944. The van der Waals surface area contributed by atoms with Crippen molar-refractivity contribution in [3.05, 3.63) is 70.7 Å². The van der Waals surface area contributed by atoms with Gasteiger partial charge in [-0.1, -0.05) is 55.8 Å². The van der Waals surface area contributed by atoms with E-state index in [4.69, 9.17) is 11.6 Å². The second-order valence-electron chi connectivity index (χ2n) is 5.54. The fraction of sp³-hybridized carbons (Fsp3) is 0.222. The Labute approximate surface area is 141 Å². The maximum Gasteiger partial charge on any atom is 0.269 e. The number of rotatable bonds is 4. The number of carbonyl (C=O) groups excluding carboxylic acids is 1. The topological polar surface area (TPSA) is 53.5 Å². The smallest absolute Gasteiger partial charge is 0.269 e. The van der Waals surface area contributed by atoms with Crippen molar-refractivity contribution in [1.29, 1.82) is 0 Å². The van der Waals surface area contributed by atoms with Crippen molar-refractivity contribution < 1.29 is 4.79 Å². The summed E-state index contributed by atoms with van der Waals surface area (Å²) in [6.07, 6.45) is 0. The van der Waals surface area contributed by atoms with Crippen molar-refractivity contribution in [2.75, 3.05) is 6.54 Å². The molecule has 0 unspecified atom stereocenters. The van der Waals surface area contributed by atoms with Gasteiger partial charge in [0.25, 0.3) is 5.91 Å². The molecule has 120 valence electrons. The van der Waals surface area contributed by atoms with E-state index in [-0.39, 0.29) is 5.91 Å². The van der Waals surface area contributed by atoms with Gasteiger partial charge in [-0.25, -0.2) is 0 Å². The molecule has 23 heavy (non-hydrogen) atoms. The Kier molecular flexibility index (Phi) is 6.18. The number of hydrazine groups is 1. The van der Waals surface area contributed by atoms with Gasteiger partial charge in [0.05, 0.1) is 0 Å². The van der Waals surface area contributed by atoms with Crippen LogP contribution in [0.25, 0.3) is 0 Å². The van der Waals surface area contributed by atoms with Crippen LogP contribution in [0.1, 0.15) is 29.8 Å². The molecule has 5 heteroatoms. The van der Waals surface area contributed by atoms with Crippen LogP contribution in [0.3, 0.4) is 0 Å². The van der Waals surface area contributed by atoms with Crippen LogP contribution < -0.4 is 10.9 Å². The van der Waals surface area contributed by atoms with Gasteiger partial charge in [-0.15, -0.1) is 0 Å². The molecule has 0 aromatic heterocycles. The fourth-order valence-corrected chi connectivity index (χ4v) is 1.99. The van der Waals surface area contributed by atoms with Crippen LogP contribution in [-0.4, -0.2) is 18.3 Å². The van der Waals surface area contributed by atoms with Gasteiger partial charge in [0.15, 0.2) is 0 Å². The van der Waals surface area contributed by atoms with E-state index < -0.39 is 0 Å². The molecule has 0 heterocycles. The van der Waals surface area contributed by atoms with Crippen molar-refractivity contribution in [3.8, 4) is 0 Å². The zero-order valence-corrected chi connectivity index (χ0v) is 14.0. The molecule has 0 bridgehead atoms. The second kappa shape index (κ2) is 8.34. The third-order valence-electron chi connectivity index (χ3n) is 3.06. The summed E-state index contributed by atoms with van der Waals surface area (Å²) >= 11 is 5.83. The first-order valence-corrected chi connectivity index (χ1v) is 7.86. The lowest BCUT2D eigenvalue weighted by atomic mass is 10.2. The van der Waals surface area contributed by atoms with Crippen LogP contribution in [-0.2, 0) is 0 Å². The Morgan fingerprint density at radius 1 is 1.00 bits per heavy atom. The van der Waals surface area contributed by atoms with Crippen LogP contribution in [0.4, 0.5) is 0 Å². The average Bonchev–Trinajstić information content (AvgIpc) is 2.56. The summed E-state index contributed by atoms with van der Waals surface area (Å²) in [5, 5.41) is 0.595. The molecular formula is C18H20ClN3O. The van der Waals surface area contributed by atoms with Gasteiger partial charge in [0, 0.05) is 22.7 Å². The number of amides is 1. The van der Waals surface area contributed by atoms with Gasteiger partial charge in [-0.05, 0) is 30.2 Å². The predicted octanol–water partition coefficient (Wildman–Crippen LogP) is 3.68. The van der Waals surface area contributed by atoms with E-state index in [0.717, 1.165) is 5.56 Å². The van der Waals surface area contributed by atoms with Gasteiger partial charge in [-0.2, -0.15) is 0 Å². The number of halogens is 1. The van der Waals surface area contributed by atoms with Crippen molar-refractivity contribution in [2.45, 2.75) is 13.8 Å². The molecule has 2 aromatic rings. The second-order valence-corrected chi connectivity index (χ2v) is 5.97. The van der Waals surface area contributed by atoms with Crippen LogP contribution in [0, 0.1) is 5.92 Å². The first-order chi connectivity index (χ1) is 11.1. The largest absolute Gasteiger partial charge is 0.281 e. The standard InChI is InChI=1S/C18H20ClN3O/c1-13(2)12-20-17(14-6-4-3-5-7-14)21-22-18(23)15-8-10-16(19)11-9-15/h3-11,13H,12H2,1-2H3,(H,20,21)(H,22,23). The van der Waals surface area contributed by atoms with Crippen molar-refractivity contribution >= 4 is 23.3 Å². The molecule has 0 spiro atoms. The molecule has 0 fully saturated rings. The van der Waals surface area contributed by atoms with E-state index in [1.165, 1.54) is 0 Å². The number of nitrogens with one attached hydrogen (secondary N) is 2. The number of carbonyl (C=O) groups is 1. The van der Waals surface area contributed by atoms with Gasteiger partial charge in [0.1, 0.15) is 5.84 Å². The van der Waals surface area contributed by atoms with Crippen molar-refractivity contribution in [2.24, 2.45) is 10.9 Å². The number of nitrogens with zero attached hydrogens (tertiary/aromatic N) is 1. The molecule has 2 aromatic carbocycles. The third-order valence-corrected chi connectivity index (χ3v) is 3.31. The number of hydrogen-bond acceptors (Lipinski definition) is 2. The number of amidine groups is 1. The highest BCUT2D eigenvalue weighted by Crippen LogP contribution is 2.09. The highest BCUT2D eigenvalue weighted by molar-refractivity contribution is 6.30. The molecule has 0 aliphatic rings. The number of aliphatic imine (C=N–C) groups is 1. The van der Waals surface area contributed by atoms with E-state index in [2.05, 4.69) is 29.7 Å². The minimum Gasteiger partial charge on any atom is -0.281 e. The van der Waals surface area contributed by atoms with E-state index in [1.807, 2.05) is 30.3 Å². The van der Waals surface area contributed by atoms with Crippen LogP contribution in [0.5, 0.6) is 0 Å². The predicted molar refractivity (Wildman–Crippen MR) is 94.7 cm³/mol. The molecule has 0 radical (unpaired) electrons. The van der Waals surface area contributed by atoms with Gasteiger partial charge in [0.2, 0.25) is 0 Å². The molecule has 1 amide bonds. The van der Waals surface area contributed by atoms with Crippen molar-refractivity contribution in [1.82, 2.24) is 10.9 Å². The van der Waals surface area contributed by atoms with Crippen LogP contribution in [0.15, 0.2) is 59.6 Å². The summed E-state index contributed by atoms with van der Waals surface area (Å²) in [7, 11) is 0. The van der Waals surface area contributed by atoms with Gasteiger partial charge in [-0.3, -0.25) is 20.6 Å². The molecule has 0 aliphatic heterocycles. The number of hydrogen-bond donors (Lipinski definition) is 2. The summed E-state index contributed by atoms with van der Waals surface area (Å²) in [5.41, 5.74) is 7.05. The molecule has 2 rings (SSSR count). The Morgan fingerprint density at radius 2 is 1.65 bits per heavy atom. The SMILES string of the molecule is CC(C)CN=C(NNC(=O)c1ccc(Cl)cc1)c1ccccc1. The fourth-order valence-electron chi connectivity index (χ4n) is 1.86. The zero-order chi connectivity index (χ0) is 16.7. The lowest BCUT2D eigenvalue weighted by Gasteiger charge is -2.12. The normalized spacial score (nSPS) is 11.4. The van der Waals surface area contributed by atoms with Crippen LogP contribution in [0.2, 0.25) is 5.02 Å². The summed E-state index contributed by atoms with van der Waals surface area (Å²) in [6.45, 7) is 4.87. The molecular weight excluding hydrogens is 310 g/mol. The monoisotopic (exact) mass is 329 g/mol. The summed E-state index contributed by atoms with van der Waals surface area (Å²) in [5.74, 6) is 0.832. The summed E-state index contributed by atoms with van der Waals surface area (Å²) in [6, 6.07) is 16.4. The van der Waals surface area contributed by atoms with Crippen molar-refractivity contribution in [3.63, 3.8) is 0 Å². The van der Waals surface area contributed by atoms with E-state index in [9.17, 15) is 4.79 Å². The molecule has 0 saturated heterocycles. The van der Waals surface area contributed by atoms with E-state index >= 15 is 0 Å². The lowest BCUT2D eigenvalue weighted by Crippen LogP contribution is -2.42. The summed E-state index contributed by atoms with van der Waals surface area (Å²) in [4.78, 5) is 16.7. The Bertz CT molecular complexity index is 666. The molecule has 0 atom stereocenters.